The van der Waals surface area contributed by atoms with Crippen LogP contribution in [-0.2, 0) is 66.6 Å². The third-order valence-corrected chi connectivity index (χ3v) is 20.4. The Morgan fingerprint density at radius 3 is 0.775 bits per heavy atom. The lowest BCUT2D eigenvalue weighted by molar-refractivity contribution is -0.661. The summed E-state index contributed by atoms with van der Waals surface area (Å²) in [6.07, 6.45) is 5.23. The number of aromatic nitrogens is 4. The minimum Gasteiger partial charge on any atom is -0.201 e. The third kappa shape index (κ3) is 27.7. The molecule has 640 valence electrons. The Bertz CT molecular complexity index is 6200. The number of nitrogens with zero attached hydrogens (tertiary/aromatic N) is 4. The van der Waals surface area contributed by atoms with Crippen molar-refractivity contribution >= 4 is 0 Å². The molecule has 0 saturated heterocycles. The Balaban J connectivity index is 0.000000323. The van der Waals surface area contributed by atoms with Crippen LogP contribution in [0.4, 0.5) is 0 Å². The Hall–Kier alpha value is -9.64. The number of rotatable bonds is 14. The fraction of sp³-hybridized carbons (Fsp3) is 0.414. The number of hydrogen-bond donors (Lipinski definition) is 0. The number of pyridine rings is 4. The van der Waals surface area contributed by atoms with Crippen molar-refractivity contribution in [3.8, 4) is 89.5 Å². The maximum absolute atomic E-state index is 9.14. The van der Waals surface area contributed by atoms with Crippen molar-refractivity contribution in [1.82, 2.24) is 0 Å². The fourth-order valence-corrected chi connectivity index (χ4v) is 15.3. The van der Waals surface area contributed by atoms with E-state index >= 15 is 0 Å². The zero-order chi connectivity index (χ0) is 101. The summed E-state index contributed by atoms with van der Waals surface area (Å²) in [5.41, 5.74) is 25.0. The van der Waals surface area contributed by atoms with Crippen LogP contribution in [-0.4, -0.2) is 0 Å². The molecule has 120 heavy (non-hydrogen) atoms. The second kappa shape index (κ2) is 41.3. The summed E-state index contributed by atoms with van der Waals surface area (Å²) in [4.78, 5) is 0. The molecular weight excluding hydrogens is 1450 g/mol. The van der Waals surface area contributed by atoms with Gasteiger partial charge in [-0.3, -0.25) is 0 Å². The van der Waals surface area contributed by atoms with E-state index in [1.54, 1.807) is 62.8 Å². The van der Waals surface area contributed by atoms with E-state index in [0.29, 0.717) is 50.3 Å². The van der Waals surface area contributed by atoms with Gasteiger partial charge in [-0.25, -0.2) is 18.3 Å². The van der Waals surface area contributed by atoms with Gasteiger partial charge in [0.15, 0.2) is 24.8 Å². The summed E-state index contributed by atoms with van der Waals surface area (Å²) < 4.78 is 159. The highest BCUT2D eigenvalue weighted by Gasteiger charge is 2.29. The van der Waals surface area contributed by atoms with E-state index in [-0.39, 0.29) is 68.2 Å². The SMILES string of the molecule is C.C.C.C.Cc1c[n+](C)c(-c2cc(-c3ccccc3)c(C)cc2C)cc1CC(C)(C)C.[2H]C([2H])([2H])c1cc(C)c(-c2cc(C([2H])([2H])C(C)(C)C)c(C([2H])([2H])C(C)(C)C)c[n+]2C)cc1-c1ccccc1.[2H]C([2H])([2H])c1cc(C)c(-c2cc(C([2H])([2H])C(C)(C)C)c(C([2H])([2H])[2H])c[n+]2C)cc1-c1ccccc1.[2H]C([2H])([2H])c1cc(C)c(-c2cc(CC(C)(C)C)c(CC(C)(C)C)c[n+]2C)cc1-c1ccccc1. The van der Waals surface area contributed by atoms with Gasteiger partial charge < -0.3 is 0 Å². The van der Waals surface area contributed by atoms with E-state index in [9.17, 15) is 0 Å². The van der Waals surface area contributed by atoms with Crippen LogP contribution in [0, 0.1) is 101 Å². The van der Waals surface area contributed by atoms with Crippen LogP contribution < -0.4 is 18.3 Å². The molecule has 0 saturated carbocycles. The Morgan fingerprint density at radius 1 is 0.225 bits per heavy atom. The molecule has 0 aliphatic rings. The molecule has 0 spiro atoms. The Kier molecular flexibility index (Phi) is 25.9. The van der Waals surface area contributed by atoms with E-state index in [1.807, 2.05) is 183 Å². The lowest BCUT2D eigenvalue weighted by Crippen LogP contribution is -2.33. The molecule has 0 atom stereocenters. The minimum absolute atomic E-state index is 0. The summed E-state index contributed by atoms with van der Waals surface area (Å²) in [5, 5.41) is 0. The maximum Gasteiger partial charge on any atom is 0.212 e. The van der Waals surface area contributed by atoms with Crippen molar-refractivity contribution in [2.45, 2.75) is 262 Å². The zero-order valence-electron chi connectivity index (χ0n) is 93.2. The molecule has 0 amide bonds. The summed E-state index contributed by atoms with van der Waals surface area (Å²) in [5.74, 6) is 0. The van der Waals surface area contributed by atoms with Gasteiger partial charge in [-0.15, -0.1) is 0 Å². The minimum atomic E-state index is -2.50. The van der Waals surface area contributed by atoms with Gasteiger partial charge in [-0.1, -0.05) is 300 Å². The molecule has 0 radical (unpaired) electrons. The van der Waals surface area contributed by atoms with Gasteiger partial charge in [0.25, 0.3) is 0 Å². The molecule has 4 heteroatoms. The molecule has 0 aliphatic carbocycles. The number of benzene rings is 8. The predicted molar refractivity (Wildman–Crippen MR) is 527 cm³/mol. The van der Waals surface area contributed by atoms with Gasteiger partial charge >= 0.3 is 0 Å². The van der Waals surface area contributed by atoms with Gasteiger partial charge in [0.2, 0.25) is 22.8 Å². The van der Waals surface area contributed by atoms with Crippen LogP contribution in [0.3, 0.4) is 0 Å². The highest BCUT2D eigenvalue weighted by atomic mass is 14.9. The normalized spacial score (nSPS) is 14.6. The first-order valence-corrected chi connectivity index (χ1v) is 41.1. The molecular formula is C116H160N4+4. The van der Waals surface area contributed by atoms with Crippen molar-refractivity contribution in [3.63, 3.8) is 0 Å². The fourth-order valence-electron chi connectivity index (χ4n) is 15.3. The van der Waals surface area contributed by atoms with Crippen LogP contribution in [0.5, 0.6) is 0 Å². The van der Waals surface area contributed by atoms with Crippen molar-refractivity contribution in [2.75, 3.05) is 0 Å². The standard InChI is InChI=1S/2C30H40N.2C26H32N.4CH4/c2*1-21-15-22(2)27(17-26(21)23-13-11-10-12-14-23)28-16-24(18-29(3,4)5)25(20-31(28)9)19-30(6,7)8;2*1-18-13-19(2)24(15-23(18)21-11-9-8-10-12-21)25-14-22(16-26(4,5)6)20(3)17-27(25)7;;;;/h2*10-17,20H,18-19H2,1-9H3;2*8-15,17H,16H2,1-7H3;4*1H4/q4*+1;;;;/i1D3,18D2,19D2;1D3;1D3,3D3,16D2;;;;;. The van der Waals surface area contributed by atoms with Gasteiger partial charge in [0.1, 0.15) is 28.2 Å². The summed E-state index contributed by atoms with van der Waals surface area (Å²) in [6.45, 7) is 39.8. The van der Waals surface area contributed by atoms with Crippen LogP contribution in [0.15, 0.2) is 219 Å². The summed E-state index contributed by atoms with van der Waals surface area (Å²) in [7, 11) is 7.81. The van der Waals surface area contributed by atoms with E-state index in [2.05, 4.69) is 179 Å². The largest absolute Gasteiger partial charge is 0.212 e. The van der Waals surface area contributed by atoms with E-state index in [4.69, 9.17) is 24.7 Å². The van der Waals surface area contributed by atoms with Crippen molar-refractivity contribution < 1.29 is 42.9 Å². The highest BCUT2D eigenvalue weighted by Crippen LogP contribution is 2.40. The second-order valence-corrected chi connectivity index (χ2v) is 38.9. The van der Waals surface area contributed by atoms with Crippen LogP contribution >= 0.6 is 0 Å². The highest BCUT2D eigenvalue weighted by molar-refractivity contribution is 5.80. The zero-order valence-corrected chi connectivity index (χ0v) is 75.2. The van der Waals surface area contributed by atoms with E-state index in [1.165, 1.54) is 62.0 Å². The maximum atomic E-state index is 9.14. The first-order chi connectivity index (χ1) is 61.2. The lowest BCUT2D eigenvalue weighted by atomic mass is 9.81. The van der Waals surface area contributed by atoms with Crippen molar-refractivity contribution in [3.05, 3.63) is 308 Å². The Morgan fingerprint density at radius 2 is 0.458 bits per heavy atom. The average Bonchev–Trinajstić information content (AvgIpc) is 0.731. The molecule has 0 fully saturated rings. The van der Waals surface area contributed by atoms with Gasteiger partial charge in [-0.05, 0) is 275 Å². The molecule has 4 heterocycles. The van der Waals surface area contributed by atoms with Crippen molar-refractivity contribution in [1.29, 1.82) is 0 Å². The number of aryl methyl sites for hydroxylation is 14. The molecule has 0 unspecified atom stereocenters. The van der Waals surface area contributed by atoms with Crippen LogP contribution in [0.1, 0.15) is 268 Å². The first-order valence-electron chi connectivity index (χ1n) is 50.1. The molecule has 0 N–H and O–H groups in total. The molecule has 0 bridgehead atoms. The molecule has 4 aromatic heterocycles. The second-order valence-electron chi connectivity index (χ2n) is 38.9. The monoisotopic (exact) mass is 1630 g/mol. The third-order valence-electron chi connectivity index (χ3n) is 20.4. The molecule has 4 nitrogen and oxygen atoms in total. The van der Waals surface area contributed by atoms with E-state index in [0.717, 1.165) is 69.5 Å². The summed E-state index contributed by atoms with van der Waals surface area (Å²) >= 11 is 0. The molecule has 0 aliphatic heterocycles. The molecule has 12 aromatic rings. The average molecular weight is 1630 g/mol. The molecule has 12 rings (SSSR count). The smallest absolute Gasteiger partial charge is 0.201 e. The number of hydrogen-bond acceptors (Lipinski definition) is 0. The summed E-state index contributed by atoms with van der Waals surface area (Å²) in [6, 6.07) is 63.0. The van der Waals surface area contributed by atoms with Crippen LogP contribution in [0.25, 0.3) is 89.5 Å². The Labute approximate surface area is 759 Å². The molecule has 8 aromatic carbocycles. The van der Waals surface area contributed by atoms with Crippen LogP contribution in [0.2, 0.25) is 0 Å². The first kappa shape index (κ1) is 75.3. The van der Waals surface area contributed by atoms with Gasteiger partial charge in [0.05, 0.1) is 0 Å². The topological polar surface area (TPSA) is 15.5 Å². The van der Waals surface area contributed by atoms with Gasteiger partial charge in [-0.2, -0.15) is 0 Å². The lowest BCUT2D eigenvalue weighted by Gasteiger charge is -2.24. The van der Waals surface area contributed by atoms with E-state index < -0.39 is 62.8 Å². The van der Waals surface area contributed by atoms with Gasteiger partial charge in [0, 0.05) is 93.4 Å². The quantitative estimate of drug-likeness (QED) is 0.0965. The predicted octanol–water partition coefficient (Wildman–Crippen LogP) is 30.5. The van der Waals surface area contributed by atoms with Crippen molar-refractivity contribution in [2.24, 2.45) is 60.7 Å².